The molecule has 3 saturated heterocycles. The van der Waals surface area contributed by atoms with Crippen LogP contribution in [0.4, 0.5) is 0 Å². The Hall–Kier alpha value is -2.16. The van der Waals surface area contributed by atoms with Crippen LogP contribution >= 0.6 is 0 Å². The van der Waals surface area contributed by atoms with Gasteiger partial charge in [-0.15, -0.1) is 0 Å². The Morgan fingerprint density at radius 1 is 1.16 bits per heavy atom. The third-order valence-corrected chi connectivity index (χ3v) is 6.99. The van der Waals surface area contributed by atoms with Gasteiger partial charge in [0.2, 0.25) is 5.91 Å². The molecule has 8 nitrogen and oxygen atoms in total. The number of morpholine rings is 1. The summed E-state index contributed by atoms with van der Waals surface area (Å²) in [6, 6.07) is 9.30. The fourth-order valence-electron chi connectivity index (χ4n) is 5.22. The Morgan fingerprint density at radius 3 is 2.75 bits per heavy atom. The molecule has 3 fully saturated rings. The third kappa shape index (κ3) is 5.99. The molecule has 3 heterocycles. The number of nitrogens with two attached hydrogens (primary N) is 1. The largest absolute Gasteiger partial charge is 0.379 e. The fourth-order valence-corrected chi connectivity index (χ4v) is 5.22. The number of nitrogens with zero attached hydrogens (tertiary/aromatic N) is 4. The maximum atomic E-state index is 11.6. The highest BCUT2D eigenvalue weighted by Crippen LogP contribution is 2.19. The van der Waals surface area contributed by atoms with Gasteiger partial charge in [-0.1, -0.05) is 24.3 Å². The Kier molecular flexibility index (Phi) is 8.00. The second-order valence-corrected chi connectivity index (χ2v) is 9.23. The molecule has 0 aromatic heterocycles. The summed E-state index contributed by atoms with van der Waals surface area (Å²) >= 11 is 0. The van der Waals surface area contributed by atoms with Crippen LogP contribution in [0, 0.1) is 5.92 Å². The van der Waals surface area contributed by atoms with Crippen LogP contribution in [0.2, 0.25) is 0 Å². The van der Waals surface area contributed by atoms with E-state index in [1.165, 1.54) is 17.5 Å². The number of guanidine groups is 1. The molecule has 0 bridgehead atoms. The molecule has 3 aliphatic heterocycles. The second kappa shape index (κ2) is 11.1. The van der Waals surface area contributed by atoms with Gasteiger partial charge in [0.15, 0.2) is 5.96 Å². The number of carbonyl (C=O) groups excluding carboxylic acids is 1. The Labute approximate surface area is 191 Å². The molecular weight excluding hydrogens is 404 g/mol. The van der Waals surface area contributed by atoms with Gasteiger partial charge in [-0.2, -0.15) is 0 Å². The number of aliphatic imine (C=N–C) groups is 1. The fraction of sp³-hybridized carbons (Fsp3) is 0.667. The third-order valence-electron chi connectivity index (χ3n) is 6.99. The lowest BCUT2D eigenvalue weighted by atomic mass is 9.97. The van der Waals surface area contributed by atoms with Crippen LogP contribution in [0.1, 0.15) is 30.4 Å². The zero-order chi connectivity index (χ0) is 22.3. The molecule has 2 atom stereocenters. The van der Waals surface area contributed by atoms with Gasteiger partial charge in [0.05, 0.1) is 19.1 Å². The van der Waals surface area contributed by atoms with Crippen molar-refractivity contribution in [3.05, 3.63) is 35.4 Å². The van der Waals surface area contributed by atoms with Gasteiger partial charge >= 0.3 is 0 Å². The number of benzene rings is 1. The molecule has 1 aromatic rings. The minimum atomic E-state index is -0.170. The number of hydrogen-bond acceptors (Lipinski definition) is 5. The predicted octanol–water partition coefficient (Wildman–Crippen LogP) is 0.866. The predicted molar refractivity (Wildman–Crippen MR) is 126 cm³/mol. The first-order chi connectivity index (χ1) is 15.6. The van der Waals surface area contributed by atoms with E-state index in [-0.39, 0.29) is 11.8 Å². The van der Waals surface area contributed by atoms with Crippen LogP contribution < -0.4 is 11.1 Å². The summed E-state index contributed by atoms with van der Waals surface area (Å²) < 4.78 is 5.50. The van der Waals surface area contributed by atoms with Gasteiger partial charge in [0.1, 0.15) is 0 Å². The topological polar surface area (TPSA) is 86.4 Å². The van der Waals surface area contributed by atoms with E-state index < -0.39 is 0 Å². The van der Waals surface area contributed by atoms with Gasteiger partial charge in [0.25, 0.3) is 0 Å². The molecule has 8 heteroatoms. The molecular formula is C24H38N6O2. The Balaban J connectivity index is 1.28. The van der Waals surface area contributed by atoms with Gasteiger partial charge in [-0.25, -0.2) is 0 Å². The van der Waals surface area contributed by atoms with Crippen molar-refractivity contribution < 1.29 is 9.53 Å². The van der Waals surface area contributed by atoms with E-state index in [2.05, 4.69) is 49.3 Å². The van der Waals surface area contributed by atoms with Crippen molar-refractivity contribution >= 4 is 11.9 Å². The highest BCUT2D eigenvalue weighted by molar-refractivity contribution is 5.80. The molecule has 1 aromatic carbocycles. The van der Waals surface area contributed by atoms with Crippen LogP contribution in [-0.2, 0) is 22.6 Å². The van der Waals surface area contributed by atoms with Crippen molar-refractivity contribution in [3.63, 3.8) is 0 Å². The molecule has 1 amide bonds. The summed E-state index contributed by atoms with van der Waals surface area (Å²) in [6.45, 7) is 9.24. The summed E-state index contributed by atoms with van der Waals surface area (Å²) in [4.78, 5) is 23.4. The summed E-state index contributed by atoms with van der Waals surface area (Å²) in [7, 11) is 1.87. The number of piperidine rings is 1. The molecule has 32 heavy (non-hydrogen) atoms. The van der Waals surface area contributed by atoms with Crippen molar-refractivity contribution in [2.45, 2.75) is 38.4 Å². The van der Waals surface area contributed by atoms with E-state index in [4.69, 9.17) is 10.5 Å². The minimum absolute atomic E-state index is 0.0151. The SMILES string of the molecule is CN=C(NCc1cccc(CN2CCCC(C(N)=O)C2)c1)N1CCC(N2CCOCC2)C1. The first-order valence-corrected chi connectivity index (χ1v) is 12.0. The summed E-state index contributed by atoms with van der Waals surface area (Å²) in [5.74, 6) is 0.793. The molecule has 0 spiro atoms. The van der Waals surface area contributed by atoms with E-state index in [1.54, 1.807) is 0 Å². The van der Waals surface area contributed by atoms with Crippen LogP contribution in [0.3, 0.4) is 0 Å². The Morgan fingerprint density at radius 2 is 1.97 bits per heavy atom. The van der Waals surface area contributed by atoms with E-state index in [9.17, 15) is 4.79 Å². The van der Waals surface area contributed by atoms with Crippen molar-refractivity contribution in [2.75, 3.05) is 59.5 Å². The normalized spacial score (nSPS) is 25.8. The van der Waals surface area contributed by atoms with E-state index >= 15 is 0 Å². The number of carbonyl (C=O) groups is 1. The number of ether oxygens (including phenoxy) is 1. The minimum Gasteiger partial charge on any atom is -0.379 e. The highest BCUT2D eigenvalue weighted by atomic mass is 16.5. The number of likely N-dealkylation sites (tertiary alicyclic amines) is 2. The first-order valence-electron chi connectivity index (χ1n) is 12.0. The molecule has 0 aliphatic carbocycles. The lowest BCUT2D eigenvalue weighted by Crippen LogP contribution is -2.46. The van der Waals surface area contributed by atoms with Crippen molar-refractivity contribution in [1.82, 2.24) is 20.0 Å². The van der Waals surface area contributed by atoms with Crippen LogP contribution in [0.5, 0.6) is 0 Å². The zero-order valence-corrected chi connectivity index (χ0v) is 19.3. The summed E-state index contributed by atoms with van der Waals surface area (Å²) in [5.41, 5.74) is 8.06. The number of amides is 1. The van der Waals surface area contributed by atoms with Crippen LogP contribution in [0.15, 0.2) is 29.3 Å². The molecule has 2 unspecified atom stereocenters. The van der Waals surface area contributed by atoms with Crippen molar-refractivity contribution in [3.8, 4) is 0 Å². The van der Waals surface area contributed by atoms with Crippen molar-refractivity contribution in [2.24, 2.45) is 16.6 Å². The second-order valence-electron chi connectivity index (χ2n) is 9.23. The maximum Gasteiger partial charge on any atom is 0.221 e. The van der Waals surface area contributed by atoms with Gasteiger partial charge in [-0.05, 0) is 36.9 Å². The summed E-state index contributed by atoms with van der Waals surface area (Å²) in [5, 5.41) is 3.56. The van der Waals surface area contributed by atoms with E-state index in [0.29, 0.717) is 6.04 Å². The average Bonchev–Trinajstić information content (AvgIpc) is 3.31. The molecule has 3 aliphatic rings. The van der Waals surface area contributed by atoms with E-state index in [0.717, 1.165) is 84.4 Å². The smallest absolute Gasteiger partial charge is 0.221 e. The van der Waals surface area contributed by atoms with Gasteiger partial charge in [-0.3, -0.25) is 19.6 Å². The standard InChI is InChI=1S/C24H38N6O2/c1-26-24(30-9-7-22(18-30)29-10-12-32-13-11-29)27-15-19-4-2-5-20(14-19)16-28-8-3-6-21(17-28)23(25)31/h2,4-5,14,21-22H,3,6-13,15-18H2,1H3,(H2,25,31)(H,26,27). The number of hydrogen-bond donors (Lipinski definition) is 2. The number of primary amides is 1. The van der Waals surface area contributed by atoms with Crippen molar-refractivity contribution in [1.29, 1.82) is 0 Å². The zero-order valence-electron chi connectivity index (χ0n) is 19.3. The Bertz CT molecular complexity index is 794. The molecule has 0 saturated carbocycles. The van der Waals surface area contributed by atoms with Crippen LogP contribution in [-0.4, -0.2) is 92.1 Å². The maximum absolute atomic E-state index is 11.6. The monoisotopic (exact) mass is 442 g/mol. The lowest BCUT2D eigenvalue weighted by Gasteiger charge is -2.32. The van der Waals surface area contributed by atoms with Gasteiger partial charge in [0, 0.05) is 58.9 Å². The lowest BCUT2D eigenvalue weighted by molar-refractivity contribution is -0.123. The molecule has 176 valence electrons. The first kappa shape index (κ1) is 23.0. The molecule has 4 rings (SSSR count). The van der Waals surface area contributed by atoms with Gasteiger partial charge < -0.3 is 20.7 Å². The number of rotatable bonds is 6. The van der Waals surface area contributed by atoms with E-state index in [1.807, 2.05) is 7.05 Å². The molecule has 3 N–H and O–H groups in total. The average molecular weight is 443 g/mol. The number of nitrogens with one attached hydrogen (secondary N) is 1. The molecule has 0 radical (unpaired) electrons. The summed E-state index contributed by atoms with van der Waals surface area (Å²) in [6.07, 6.45) is 3.13. The quantitative estimate of drug-likeness (QED) is 0.502. The highest BCUT2D eigenvalue weighted by Gasteiger charge is 2.30. The van der Waals surface area contributed by atoms with Crippen LogP contribution in [0.25, 0.3) is 0 Å².